The molecule has 1 amide bonds. The first-order valence-electron chi connectivity index (χ1n) is 6.04. The van der Waals surface area contributed by atoms with Crippen molar-refractivity contribution >= 4 is 17.4 Å². The number of nitrogens with two attached hydrogens (primary N) is 1. The maximum atomic E-state index is 11.9. The fourth-order valence-corrected chi connectivity index (χ4v) is 1.63. The summed E-state index contributed by atoms with van der Waals surface area (Å²) < 4.78 is 0. The Labute approximate surface area is 120 Å². The van der Waals surface area contributed by atoms with Crippen LogP contribution in [-0.2, 0) is 6.54 Å². The van der Waals surface area contributed by atoms with Crippen molar-refractivity contribution in [1.82, 2.24) is 10.3 Å². The van der Waals surface area contributed by atoms with Gasteiger partial charge >= 0.3 is 0 Å². The molecule has 0 aliphatic heterocycles. The lowest BCUT2D eigenvalue weighted by atomic mass is 10.2. The van der Waals surface area contributed by atoms with E-state index in [0.29, 0.717) is 11.4 Å². The Kier molecular flexibility index (Phi) is 4.42. The summed E-state index contributed by atoms with van der Waals surface area (Å²) in [5.74, 6) is 5.36. The van der Waals surface area contributed by atoms with Crippen molar-refractivity contribution in [2.75, 3.05) is 5.43 Å². The number of non-ortho nitro benzene ring substituents is 1. The van der Waals surface area contributed by atoms with Crippen molar-refractivity contribution in [3.63, 3.8) is 0 Å². The van der Waals surface area contributed by atoms with Gasteiger partial charge in [0.1, 0.15) is 5.82 Å². The zero-order chi connectivity index (χ0) is 15.2. The molecule has 1 aromatic carbocycles. The third kappa shape index (κ3) is 3.74. The summed E-state index contributed by atoms with van der Waals surface area (Å²) in [5, 5.41) is 13.2. The second kappa shape index (κ2) is 6.44. The van der Waals surface area contributed by atoms with Crippen LogP contribution in [0.3, 0.4) is 0 Å². The molecule has 0 fully saturated rings. The minimum atomic E-state index is -0.471. The third-order valence-corrected chi connectivity index (χ3v) is 2.77. The second-order valence-corrected chi connectivity index (χ2v) is 4.18. The average molecular weight is 287 g/mol. The van der Waals surface area contributed by atoms with Crippen LogP contribution in [0, 0.1) is 10.1 Å². The van der Waals surface area contributed by atoms with Crippen molar-refractivity contribution in [2.45, 2.75) is 6.54 Å². The summed E-state index contributed by atoms with van der Waals surface area (Å²) in [4.78, 5) is 25.9. The molecule has 2 aromatic rings. The highest BCUT2D eigenvalue weighted by Crippen LogP contribution is 2.12. The lowest BCUT2D eigenvalue weighted by molar-refractivity contribution is -0.384. The molecule has 21 heavy (non-hydrogen) atoms. The quantitative estimate of drug-likeness (QED) is 0.431. The van der Waals surface area contributed by atoms with E-state index in [9.17, 15) is 14.9 Å². The summed E-state index contributed by atoms with van der Waals surface area (Å²) in [6, 6.07) is 9.15. The van der Waals surface area contributed by atoms with Gasteiger partial charge in [0.2, 0.25) is 0 Å². The average Bonchev–Trinajstić information content (AvgIpc) is 2.53. The Hall–Kier alpha value is -3.00. The number of nitrogen functional groups attached to an aromatic ring is 1. The number of nitrogens with one attached hydrogen (secondary N) is 2. The minimum absolute atomic E-state index is 0.0131. The standard InChI is InChI=1S/C13H13N5O3/c14-17-12-6-3-10(8-15-12)13(19)16-7-9-1-4-11(5-2-9)18(20)21/h1-6,8H,7,14H2,(H,15,17)(H,16,19). The molecule has 8 heteroatoms. The summed E-state index contributed by atoms with van der Waals surface area (Å²) in [7, 11) is 0. The van der Waals surface area contributed by atoms with Crippen LogP contribution >= 0.6 is 0 Å². The van der Waals surface area contributed by atoms with E-state index in [1.165, 1.54) is 18.3 Å². The van der Waals surface area contributed by atoms with Gasteiger partial charge in [0.05, 0.1) is 10.5 Å². The van der Waals surface area contributed by atoms with Crippen molar-refractivity contribution in [1.29, 1.82) is 0 Å². The van der Waals surface area contributed by atoms with Crippen molar-refractivity contribution in [3.8, 4) is 0 Å². The molecule has 108 valence electrons. The fourth-order valence-electron chi connectivity index (χ4n) is 1.63. The highest BCUT2D eigenvalue weighted by atomic mass is 16.6. The third-order valence-electron chi connectivity index (χ3n) is 2.77. The van der Waals surface area contributed by atoms with Crippen LogP contribution in [0.1, 0.15) is 15.9 Å². The highest BCUT2D eigenvalue weighted by molar-refractivity contribution is 5.93. The van der Waals surface area contributed by atoms with E-state index in [1.54, 1.807) is 24.3 Å². The fraction of sp³-hybridized carbons (Fsp3) is 0.0769. The monoisotopic (exact) mass is 287 g/mol. The Morgan fingerprint density at radius 1 is 1.24 bits per heavy atom. The van der Waals surface area contributed by atoms with Crippen LogP contribution in [0.25, 0.3) is 0 Å². The second-order valence-electron chi connectivity index (χ2n) is 4.18. The number of hydrogen-bond acceptors (Lipinski definition) is 6. The normalized spacial score (nSPS) is 9.95. The number of hydrazine groups is 1. The molecule has 0 atom stereocenters. The van der Waals surface area contributed by atoms with Gasteiger partial charge in [0.25, 0.3) is 11.6 Å². The largest absolute Gasteiger partial charge is 0.348 e. The molecule has 0 spiro atoms. The first-order chi connectivity index (χ1) is 10.1. The molecule has 1 heterocycles. The molecular formula is C13H13N5O3. The van der Waals surface area contributed by atoms with Crippen LogP contribution in [0.4, 0.5) is 11.5 Å². The summed E-state index contributed by atoms with van der Waals surface area (Å²) >= 11 is 0. The van der Waals surface area contributed by atoms with Crippen LogP contribution in [0.5, 0.6) is 0 Å². The van der Waals surface area contributed by atoms with E-state index in [2.05, 4.69) is 15.7 Å². The van der Waals surface area contributed by atoms with Crippen molar-refractivity contribution in [3.05, 3.63) is 63.8 Å². The number of amides is 1. The Morgan fingerprint density at radius 3 is 2.48 bits per heavy atom. The van der Waals surface area contributed by atoms with E-state index in [0.717, 1.165) is 5.56 Å². The maximum absolute atomic E-state index is 11.9. The number of pyridine rings is 1. The van der Waals surface area contributed by atoms with Gasteiger partial charge in [-0.05, 0) is 17.7 Å². The molecule has 0 aliphatic carbocycles. The van der Waals surface area contributed by atoms with E-state index >= 15 is 0 Å². The molecule has 1 aromatic heterocycles. The van der Waals surface area contributed by atoms with E-state index in [-0.39, 0.29) is 18.1 Å². The number of rotatable bonds is 5. The van der Waals surface area contributed by atoms with E-state index in [4.69, 9.17) is 5.84 Å². The van der Waals surface area contributed by atoms with Crippen LogP contribution in [0.2, 0.25) is 0 Å². The molecule has 0 bridgehead atoms. The Morgan fingerprint density at radius 2 is 1.95 bits per heavy atom. The van der Waals surface area contributed by atoms with Gasteiger partial charge in [-0.1, -0.05) is 12.1 Å². The SMILES string of the molecule is NNc1ccc(C(=O)NCc2ccc([N+](=O)[O-])cc2)cn1. The van der Waals surface area contributed by atoms with Gasteiger partial charge in [-0.3, -0.25) is 14.9 Å². The molecule has 0 aliphatic rings. The van der Waals surface area contributed by atoms with Crippen LogP contribution in [-0.4, -0.2) is 15.8 Å². The van der Waals surface area contributed by atoms with Crippen molar-refractivity contribution < 1.29 is 9.72 Å². The van der Waals surface area contributed by atoms with Gasteiger partial charge in [-0.15, -0.1) is 0 Å². The molecule has 8 nitrogen and oxygen atoms in total. The number of aromatic nitrogens is 1. The molecule has 2 rings (SSSR count). The summed E-state index contributed by atoms with van der Waals surface area (Å²) in [6.45, 7) is 0.272. The number of carbonyl (C=O) groups excluding carboxylic acids is 1. The molecule has 0 saturated carbocycles. The van der Waals surface area contributed by atoms with Gasteiger partial charge in [-0.2, -0.15) is 0 Å². The van der Waals surface area contributed by atoms with E-state index in [1.807, 2.05) is 0 Å². The lowest BCUT2D eigenvalue weighted by Gasteiger charge is -2.06. The number of nitro benzene ring substituents is 1. The van der Waals surface area contributed by atoms with Gasteiger partial charge in [-0.25, -0.2) is 10.8 Å². The van der Waals surface area contributed by atoms with Crippen LogP contribution < -0.4 is 16.6 Å². The summed E-state index contributed by atoms with van der Waals surface area (Å²) in [6.07, 6.45) is 1.40. The maximum Gasteiger partial charge on any atom is 0.269 e. The summed E-state index contributed by atoms with van der Waals surface area (Å²) in [5.41, 5.74) is 3.55. The topological polar surface area (TPSA) is 123 Å². The number of hydrogen-bond donors (Lipinski definition) is 3. The van der Waals surface area contributed by atoms with Gasteiger partial charge < -0.3 is 10.7 Å². The molecular weight excluding hydrogens is 274 g/mol. The number of nitro groups is 1. The first-order valence-corrected chi connectivity index (χ1v) is 6.04. The van der Waals surface area contributed by atoms with Gasteiger partial charge in [0.15, 0.2) is 0 Å². The molecule has 0 radical (unpaired) electrons. The number of nitrogens with zero attached hydrogens (tertiary/aromatic N) is 2. The molecule has 0 saturated heterocycles. The smallest absolute Gasteiger partial charge is 0.269 e. The number of carbonyl (C=O) groups is 1. The Bertz CT molecular complexity index is 640. The lowest BCUT2D eigenvalue weighted by Crippen LogP contribution is -2.23. The zero-order valence-electron chi connectivity index (χ0n) is 10.9. The highest BCUT2D eigenvalue weighted by Gasteiger charge is 2.07. The molecule has 4 N–H and O–H groups in total. The predicted octanol–water partition coefficient (Wildman–Crippen LogP) is 1.21. The van der Waals surface area contributed by atoms with Gasteiger partial charge in [0, 0.05) is 24.9 Å². The molecule has 0 unspecified atom stereocenters. The van der Waals surface area contributed by atoms with Crippen LogP contribution in [0.15, 0.2) is 42.6 Å². The van der Waals surface area contributed by atoms with Crippen molar-refractivity contribution in [2.24, 2.45) is 5.84 Å². The Balaban J connectivity index is 1.95. The predicted molar refractivity (Wildman–Crippen MR) is 76.3 cm³/mol. The zero-order valence-corrected chi connectivity index (χ0v) is 10.9. The number of benzene rings is 1. The first kappa shape index (κ1) is 14.4. The van der Waals surface area contributed by atoms with E-state index < -0.39 is 4.92 Å². The minimum Gasteiger partial charge on any atom is -0.348 e. The number of anilines is 1.